The SMILES string of the molecule is CCc1cccc(CC)c1N=C(Oc1ccccc1-c1ccccc1)SO. The summed E-state index contributed by atoms with van der Waals surface area (Å²) in [6.45, 7) is 4.20. The van der Waals surface area contributed by atoms with Crippen LogP contribution in [-0.4, -0.2) is 9.78 Å². The minimum absolute atomic E-state index is 0.217. The maximum absolute atomic E-state index is 9.80. The summed E-state index contributed by atoms with van der Waals surface area (Å²) in [6, 6.07) is 24.0. The summed E-state index contributed by atoms with van der Waals surface area (Å²) in [5.41, 5.74) is 5.18. The minimum atomic E-state index is 0.217. The molecule has 3 nitrogen and oxygen atoms in total. The summed E-state index contributed by atoms with van der Waals surface area (Å²) in [5, 5.41) is 0.217. The molecular formula is C23H23NO2S. The van der Waals surface area contributed by atoms with Gasteiger partial charge in [-0.15, -0.1) is 0 Å². The highest BCUT2D eigenvalue weighted by molar-refractivity contribution is 8.08. The van der Waals surface area contributed by atoms with Gasteiger partial charge in [0.2, 0.25) is 0 Å². The van der Waals surface area contributed by atoms with Crippen LogP contribution in [0.25, 0.3) is 11.1 Å². The van der Waals surface area contributed by atoms with Gasteiger partial charge in [-0.2, -0.15) is 0 Å². The van der Waals surface area contributed by atoms with Gasteiger partial charge in [0.15, 0.2) is 0 Å². The van der Waals surface area contributed by atoms with Crippen LogP contribution in [0.1, 0.15) is 25.0 Å². The number of aryl methyl sites for hydroxylation is 2. The first-order valence-corrected chi connectivity index (χ1v) is 9.87. The Morgan fingerprint density at radius 1 is 0.852 bits per heavy atom. The fraction of sp³-hybridized carbons (Fsp3) is 0.174. The number of rotatable bonds is 5. The van der Waals surface area contributed by atoms with Crippen molar-refractivity contribution in [3.63, 3.8) is 0 Å². The molecule has 0 aromatic heterocycles. The lowest BCUT2D eigenvalue weighted by molar-refractivity contribution is 0.560. The van der Waals surface area contributed by atoms with Crippen LogP contribution >= 0.6 is 12.0 Å². The van der Waals surface area contributed by atoms with E-state index in [0.29, 0.717) is 17.8 Å². The molecular weight excluding hydrogens is 354 g/mol. The van der Waals surface area contributed by atoms with E-state index in [0.717, 1.165) is 40.8 Å². The van der Waals surface area contributed by atoms with E-state index >= 15 is 0 Å². The molecule has 1 N–H and O–H groups in total. The van der Waals surface area contributed by atoms with E-state index in [4.69, 9.17) is 4.74 Å². The standard InChI is InChI=1S/C23H23NO2S/c1-3-17-13-10-14-18(4-2)22(17)24-23(27-25)26-21-16-9-8-15-20(21)19-11-6-5-7-12-19/h5-16,25H,3-4H2,1-2H3. The predicted octanol–water partition coefficient (Wildman–Crippen LogP) is 6.75. The van der Waals surface area contributed by atoms with Crippen LogP contribution in [0.3, 0.4) is 0 Å². The second-order valence-corrected chi connectivity index (χ2v) is 6.60. The molecule has 3 aromatic rings. The summed E-state index contributed by atoms with van der Waals surface area (Å²) in [7, 11) is 0. The maximum atomic E-state index is 9.80. The van der Waals surface area contributed by atoms with Gasteiger partial charge in [0.25, 0.3) is 5.23 Å². The van der Waals surface area contributed by atoms with Crippen molar-refractivity contribution in [3.05, 3.63) is 83.9 Å². The third-order valence-electron chi connectivity index (χ3n) is 4.42. The minimum Gasteiger partial charge on any atom is -0.431 e. The molecule has 0 spiro atoms. The second-order valence-electron chi connectivity index (χ2n) is 6.07. The number of nitrogens with zero attached hydrogens (tertiary/aromatic N) is 1. The van der Waals surface area contributed by atoms with E-state index in [-0.39, 0.29) is 5.23 Å². The van der Waals surface area contributed by atoms with E-state index in [1.165, 1.54) is 0 Å². The zero-order valence-corrected chi connectivity index (χ0v) is 16.4. The number of aliphatic imine (C=N–C) groups is 1. The quantitative estimate of drug-likeness (QED) is 0.304. The second kappa shape index (κ2) is 9.40. The zero-order valence-electron chi connectivity index (χ0n) is 15.6. The summed E-state index contributed by atoms with van der Waals surface area (Å²) in [6.07, 6.45) is 1.74. The number of ether oxygens (including phenoxy) is 1. The first-order valence-electron chi connectivity index (χ1n) is 9.10. The van der Waals surface area contributed by atoms with E-state index in [9.17, 15) is 4.55 Å². The third kappa shape index (κ3) is 4.59. The van der Waals surface area contributed by atoms with Crippen molar-refractivity contribution >= 4 is 23.0 Å². The van der Waals surface area contributed by atoms with E-state index in [1.807, 2.05) is 60.7 Å². The van der Waals surface area contributed by atoms with Crippen molar-refractivity contribution in [3.8, 4) is 16.9 Å². The third-order valence-corrected chi connectivity index (χ3v) is 4.75. The first-order chi connectivity index (χ1) is 13.3. The average Bonchev–Trinajstić information content (AvgIpc) is 2.74. The van der Waals surface area contributed by atoms with Gasteiger partial charge in [-0.3, -0.25) is 0 Å². The van der Waals surface area contributed by atoms with Gasteiger partial charge >= 0.3 is 0 Å². The lowest BCUT2D eigenvalue weighted by atomic mass is 10.0. The number of benzene rings is 3. The monoisotopic (exact) mass is 377 g/mol. The number of hydrogen-bond donors (Lipinski definition) is 1. The fourth-order valence-electron chi connectivity index (χ4n) is 3.02. The Hall–Kier alpha value is -2.56. The predicted molar refractivity (Wildman–Crippen MR) is 115 cm³/mol. The van der Waals surface area contributed by atoms with Crippen molar-refractivity contribution < 1.29 is 9.29 Å². The molecule has 0 fully saturated rings. The van der Waals surface area contributed by atoms with Crippen molar-refractivity contribution in [2.24, 2.45) is 4.99 Å². The van der Waals surface area contributed by atoms with Gasteiger partial charge in [-0.1, -0.05) is 80.6 Å². The number of hydrogen-bond acceptors (Lipinski definition) is 4. The van der Waals surface area contributed by atoms with Gasteiger partial charge in [-0.05, 0) is 35.6 Å². The highest BCUT2D eigenvalue weighted by Gasteiger charge is 2.12. The van der Waals surface area contributed by atoms with Gasteiger partial charge in [0.1, 0.15) is 5.75 Å². The molecule has 4 heteroatoms. The van der Waals surface area contributed by atoms with Crippen LogP contribution < -0.4 is 4.74 Å². The normalized spacial score (nSPS) is 11.4. The Kier molecular flexibility index (Phi) is 6.69. The van der Waals surface area contributed by atoms with Gasteiger partial charge < -0.3 is 9.29 Å². The molecule has 0 saturated heterocycles. The Morgan fingerprint density at radius 2 is 1.48 bits per heavy atom. The first kappa shape index (κ1) is 19.2. The van der Waals surface area contributed by atoms with E-state index in [2.05, 4.69) is 31.0 Å². The topological polar surface area (TPSA) is 41.8 Å². The van der Waals surface area contributed by atoms with Crippen LogP contribution in [-0.2, 0) is 12.8 Å². The molecule has 0 aliphatic rings. The molecule has 3 rings (SSSR count). The highest BCUT2D eigenvalue weighted by Crippen LogP contribution is 2.32. The number of para-hydroxylation sites is 2. The molecule has 27 heavy (non-hydrogen) atoms. The average molecular weight is 378 g/mol. The van der Waals surface area contributed by atoms with Gasteiger partial charge in [0, 0.05) is 5.56 Å². The highest BCUT2D eigenvalue weighted by atomic mass is 32.2. The summed E-state index contributed by atoms with van der Waals surface area (Å²) >= 11 is 0.530. The van der Waals surface area contributed by atoms with Crippen LogP contribution in [0, 0.1) is 0 Å². The molecule has 0 aliphatic carbocycles. The molecule has 0 aliphatic heterocycles. The van der Waals surface area contributed by atoms with Crippen molar-refractivity contribution in [2.75, 3.05) is 0 Å². The van der Waals surface area contributed by atoms with Crippen molar-refractivity contribution in [2.45, 2.75) is 26.7 Å². The van der Waals surface area contributed by atoms with E-state index in [1.54, 1.807) is 0 Å². The lowest BCUT2D eigenvalue weighted by Gasteiger charge is -2.13. The molecule has 138 valence electrons. The zero-order chi connectivity index (χ0) is 19.1. The Bertz CT molecular complexity index is 900. The molecule has 3 aromatic carbocycles. The van der Waals surface area contributed by atoms with Crippen LogP contribution in [0.2, 0.25) is 0 Å². The van der Waals surface area contributed by atoms with Crippen molar-refractivity contribution in [1.82, 2.24) is 0 Å². The summed E-state index contributed by atoms with van der Waals surface area (Å²) in [5.74, 6) is 0.663. The van der Waals surface area contributed by atoms with Crippen LogP contribution in [0.5, 0.6) is 5.75 Å². The largest absolute Gasteiger partial charge is 0.431 e. The Labute approximate surface area is 165 Å². The van der Waals surface area contributed by atoms with E-state index < -0.39 is 0 Å². The lowest BCUT2D eigenvalue weighted by Crippen LogP contribution is -2.05. The Morgan fingerprint density at radius 3 is 2.11 bits per heavy atom. The van der Waals surface area contributed by atoms with Gasteiger partial charge in [-0.25, -0.2) is 4.99 Å². The molecule has 0 bridgehead atoms. The van der Waals surface area contributed by atoms with Crippen molar-refractivity contribution in [1.29, 1.82) is 0 Å². The molecule has 0 radical (unpaired) electrons. The maximum Gasteiger partial charge on any atom is 0.284 e. The van der Waals surface area contributed by atoms with Gasteiger partial charge in [0.05, 0.1) is 17.7 Å². The molecule has 0 heterocycles. The smallest absolute Gasteiger partial charge is 0.284 e. The van der Waals surface area contributed by atoms with Crippen LogP contribution in [0.15, 0.2) is 77.8 Å². The molecule has 0 amide bonds. The molecule has 0 atom stereocenters. The fourth-order valence-corrected chi connectivity index (χ4v) is 3.28. The molecule has 0 saturated carbocycles. The Balaban J connectivity index is 1.99. The summed E-state index contributed by atoms with van der Waals surface area (Å²) < 4.78 is 15.8. The van der Waals surface area contributed by atoms with Crippen LogP contribution in [0.4, 0.5) is 5.69 Å². The molecule has 0 unspecified atom stereocenters. The summed E-state index contributed by atoms with van der Waals surface area (Å²) in [4.78, 5) is 4.66.